The van der Waals surface area contributed by atoms with Crippen LogP contribution in [0.15, 0.2) is 92.8 Å². The Balaban J connectivity index is -0.0000000888. The number of nitrogens with zero attached hydrogens (tertiary/aromatic N) is 9. The summed E-state index contributed by atoms with van der Waals surface area (Å²) in [7, 11) is 6.85. The first-order chi connectivity index (χ1) is 34.0. The van der Waals surface area contributed by atoms with E-state index >= 15 is 0 Å². The molecule has 0 unspecified atom stereocenters. The number of hydrogen-bond donors (Lipinski definition) is 1. The van der Waals surface area contributed by atoms with Gasteiger partial charge >= 0.3 is 74.1 Å². The minimum absolute atomic E-state index is 0. The summed E-state index contributed by atoms with van der Waals surface area (Å²) >= 11 is 0. The fraction of sp³-hybridized carbons (Fsp3) is 0.282. The average Bonchev–Trinajstić information content (AvgIpc) is 3.30. The fourth-order valence-corrected chi connectivity index (χ4v) is 4.34. The van der Waals surface area contributed by atoms with E-state index in [0.717, 1.165) is 7.11 Å². The molecule has 0 saturated heterocycles. The van der Waals surface area contributed by atoms with Gasteiger partial charge in [0.2, 0.25) is 0 Å². The van der Waals surface area contributed by atoms with Crippen molar-refractivity contribution in [3.05, 3.63) is 172 Å². The van der Waals surface area contributed by atoms with E-state index in [4.69, 9.17) is 101 Å². The van der Waals surface area contributed by atoms with Gasteiger partial charge in [-0.15, -0.1) is 0 Å². The van der Waals surface area contributed by atoms with Crippen LogP contribution in [0.5, 0.6) is 46.0 Å². The molecule has 40 heteroatoms. The summed E-state index contributed by atoms with van der Waals surface area (Å²) in [5, 5.41) is 128. The molecule has 13 N–H and O–H groups in total. The molecule has 0 amide bonds. The molecule has 37 nitrogen and oxygen atoms in total. The van der Waals surface area contributed by atoms with E-state index in [2.05, 4.69) is 20.0 Å². The summed E-state index contributed by atoms with van der Waals surface area (Å²) in [6.07, 6.45) is 7.62. The van der Waals surface area contributed by atoms with E-state index in [1.54, 1.807) is 97.7 Å². The second-order valence-corrected chi connectivity index (χ2v) is 11.5. The quantitative estimate of drug-likeness (QED) is 0.0325. The van der Waals surface area contributed by atoms with Crippen molar-refractivity contribution in [2.75, 3.05) is 61.7 Å². The number of ether oxygens (including phenoxy) is 4. The van der Waals surface area contributed by atoms with E-state index in [-0.39, 0.29) is 119 Å². The van der Waals surface area contributed by atoms with Crippen molar-refractivity contribution in [3.63, 3.8) is 0 Å². The van der Waals surface area contributed by atoms with Gasteiger partial charge in [0.05, 0.1) is 53.9 Å². The van der Waals surface area contributed by atoms with Crippen LogP contribution in [0.3, 0.4) is 0 Å². The van der Waals surface area contributed by atoms with E-state index < -0.39 is 25.4 Å². The van der Waals surface area contributed by atoms with Crippen molar-refractivity contribution in [2.45, 2.75) is 12.8 Å². The summed E-state index contributed by atoms with van der Waals surface area (Å²) in [6, 6.07) is 20.3. The first-order valence-corrected chi connectivity index (χ1v) is 18.9. The van der Waals surface area contributed by atoms with Gasteiger partial charge in [0.1, 0.15) is 23.0 Å². The molecule has 0 atom stereocenters. The molecule has 0 aromatic heterocycles. The zero-order valence-corrected chi connectivity index (χ0v) is 46.4. The zero-order valence-electron chi connectivity index (χ0n) is 41.8. The van der Waals surface area contributed by atoms with Gasteiger partial charge in [-0.05, 0) is 59.4 Å². The molecule has 0 aliphatic heterocycles. The van der Waals surface area contributed by atoms with Gasteiger partial charge in [0.25, 0.3) is 0 Å². The molecule has 0 aliphatic carbocycles. The van der Waals surface area contributed by atoms with Gasteiger partial charge < -0.3 is 143 Å². The van der Waals surface area contributed by atoms with Crippen LogP contribution in [-0.4, -0.2) is 117 Å². The normalized spacial score (nSPS) is 8.73. The summed E-state index contributed by atoms with van der Waals surface area (Å²) in [6.45, 7) is 2.15. The van der Waals surface area contributed by atoms with Crippen LogP contribution in [-0.2, 0) is 56.0 Å². The maximum Gasteiger partial charge on any atom is 3.00 e. The van der Waals surface area contributed by atoms with E-state index in [9.17, 15) is 20.4 Å². The smallest absolute Gasteiger partial charge is 0.870 e. The second-order valence-electron chi connectivity index (χ2n) is 11.5. The maximum atomic E-state index is 11.9. The van der Waals surface area contributed by atoms with Crippen LogP contribution >= 0.6 is 0 Å². The van der Waals surface area contributed by atoms with E-state index in [0.29, 0.717) is 84.3 Å². The third-order valence-corrected chi connectivity index (χ3v) is 6.99. The number of hydrogen-bond acceptors (Lipinski definition) is 28. The minimum Gasteiger partial charge on any atom is -0.870 e. The molecule has 0 saturated carbocycles. The minimum atomic E-state index is -1.75. The van der Waals surface area contributed by atoms with Crippen LogP contribution in [0.4, 0.5) is 0 Å². The van der Waals surface area contributed by atoms with Crippen molar-refractivity contribution in [1.82, 2.24) is 0 Å². The molecule has 0 bridgehead atoms. The van der Waals surface area contributed by atoms with Gasteiger partial charge in [-0.1, -0.05) is 71.5 Å². The SMILES string of the molecule is CO.COc1cccc(C=NCCCN=Cc2cccc(OC)c2[O-])c1[O-].COc1cccc(C=NCCCN=Cc2cccc(OC)c2[O-])c1[O-].O=[N+]([O-])[O-].O=[N+]([O-])[O-].O=[N+]([O-])[O-].O=[N+]([O-])[O-].O=[N+]([O-])[O-].[Gd+3].[Mn+3].[Mn+3].[OH3+].[OH3+].[OH3+].[OH3+]. The number of aliphatic imine (C=N–C) groups is 4. The topological polar surface area (TPSA) is 662 Å². The second kappa shape index (κ2) is 62.7. The Bertz CT molecular complexity index is 2000. The number of methoxy groups -OCH3 is 4. The number of aliphatic hydroxyl groups excluding tert-OH is 1. The molecule has 4 rings (SSSR count). The first-order valence-electron chi connectivity index (χ1n) is 18.9. The van der Waals surface area contributed by atoms with Crippen LogP contribution in [0.2, 0.25) is 0 Å². The standard InChI is InChI=1S/2C19H22N2O4.CH4O.Gd.2Mn.5NO3.4H2O/c2*1-24-16-8-3-6-14(18(16)22)12-20-10-5-11-21-13-15-7-4-9-17(25-2)19(15)23;1-2;;;;5*2-1(3)4;;;;/h2*3-4,6-9,12-13,22-23H,5,10-11H2,1-2H3;2H,1H3;;;;;;;;;4*1H2/q;;;3*+3;5*-1;;;;. The Labute approximate surface area is 499 Å². The largest absolute Gasteiger partial charge is 3.00 e. The van der Waals surface area contributed by atoms with Gasteiger partial charge in [-0.3, -0.25) is 20.0 Å². The Kier molecular flexibility index (Phi) is 76.7. The number of benzene rings is 4. The number of para-hydroxylation sites is 4. The Morgan fingerprint density at radius 1 is 0.380 bits per heavy atom. The first kappa shape index (κ1) is 96.8. The predicted octanol–water partition coefficient (Wildman–Crippen LogP) is -1.72. The van der Waals surface area contributed by atoms with Crippen LogP contribution in [0.1, 0.15) is 35.1 Å². The summed E-state index contributed by atoms with van der Waals surface area (Å²) in [5.74, 6) is 0.530. The third kappa shape index (κ3) is 56.2. The summed E-state index contributed by atoms with van der Waals surface area (Å²) < 4.78 is 19.9. The maximum absolute atomic E-state index is 11.9. The molecule has 4 aromatic rings. The van der Waals surface area contributed by atoms with Crippen LogP contribution in [0, 0.1) is 117 Å². The zero-order chi connectivity index (χ0) is 56.0. The average molecular weight is 1370 g/mol. The van der Waals surface area contributed by atoms with Crippen molar-refractivity contribution in [2.24, 2.45) is 20.0 Å². The molecule has 443 valence electrons. The monoisotopic (exact) mass is 1370 g/mol. The van der Waals surface area contributed by atoms with Crippen LogP contribution < -0.4 is 39.4 Å². The van der Waals surface area contributed by atoms with Crippen molar-refractivity contribution in [3.8, 4) is 46.0 Å². The van der Waals surface area contributed by atoms with Gasteiger partial charge in [-0.25, -0.2) is 0 Å². The Hall–Kier alpha value is -7.88. The predicted molar refractivity (Wildman–Crippen MR) is 268 cm³/mol. The molecular weight excluding hydrogens is 1310 g/mol. The van der Waals surface area contributed by atoms with Gasteiger partial charge in [0, 0.05) is 58.1 Å². The van der Waals surface area contributed by atoms with Crippen molar-refractivity contribution in [1.29, 1.82) is 0 Å². The van der Waals surface area contributed by atoms with Crippen molar-refractivity contribution >= 4 is 24.9 Å². The molecular formula is C39H56GdMn2N9O28+4. The Morgan fingerprint density at radius 3 is 0.646 bits per heavy atom. The third-order valence-electron chi connectivity index (χ3n) is 6.99. The van der Waals surface area contributed by atoms with Crippen LogP contribution in [0.25, 0.3) is 0 Å². The van der Waals surface area contributed by atoms with Gasteiger partial charge in [0.15, 0.2) is 0 Å². The molecule has 4 aromatic carbocycles. The molecule has 0 spiro atoms. The van der Waals surface area contributed by atoms with E-state index in [1.807, 2.05) is 0 Å². The molecule has 79 heavy (non-hydrogen) atoms. The fourth-order valence-electron chi connectivity index (χ4n) is 4.34. The molecule has 0 fully saturated rings. The summed E-state index contributed by atoms with van der Waals surface area (Å²) in [4.78, 5) is 58.2. The van der Waals surface area contributed by atoms with Crippen molar-refractivity contribution < 1.29 is 166 Å². The number of rotatable bonds is 16. The van der Waals surface area contributed by atoms with Gasteiger partial charge in [-0.2, -0.15) is 0 Å². The Morgan fingerprint density at radius 2 is 0.519 bits per heavy atom. The molecule has 1 radical (unpaired) electrons. The molecule has 0 heterocycles. The summed E-state index contributed by atoms with van der Waals surface area (Å²) in [5.41, 5.74) is 1.98. The van der Waals surface area contributed by atoms with E-state index in [1.165, 1.54) is 28.4 Å². The molecule has 0 aliphatic rings. The number of aliphatic hydroxyl groups is 1.